The summed E-state index contributed by atoms with van der Waals surface area (Å²) < 4.78 is 0. The Kier molecular flexibility index (Phi) is 4.17. The maximum atomic E-state index is 4.52. The molecule has 0 aliphatic carbocycles. The Labute approximate surface area is 106 Å². The van der Waals surface area contributed by atoms with E-state index in [0.717, 1.165) is 5.75 Å². The zero-order valence-electron chi connectivity index (χ0n) is 11.1. The Balaban J connectivity index is 3.18. The first-order valence-electron chi connectivity index (χ1n) is 5.95. The number of hydrogen-bond acceptors (Lipinski definition) is 1. The number of benzene rings is 1. The topological polar surface area (TPSA) is 0 Å². The Hall–Kier alpha value is -0.365. The highest BCUT2D eigenvalue weighted by molar-refractivity contribution is 7.80. The number of thiol groups is 1. The second-order valence-electron chi connectivity index (χ2n) is 6.36. The second kappa shape index (κ2) is 4.87. The van der Waals surface area contributed by atoms with Crippen molar-refractivity contribution in [1.29, 1.82) is 0 Å². The van der Waals surface area contributed by atoms with Gasteiger partial charge in [0, 0.05) is 0 Å². The standard InChI is InChI=1S/C14H23BS/c1-13(2,3)15(14(4,5)11-16)12-9-7-6-8-10-12/h6-10,16H,11H2,1-5H3. The monoisotopic (exact) mass is 234 g/mol. The van der Waals surface area contributed by atoms with E-state index in [9.17, 15) is 0 Å². The minimum Gasteiger partial charge on any atom is -0.180 e. The van der Waals surface area contributed by atoms with Crippen LogP contribution >= 0.6 is 12.6 Å². The van der Waals surface area contributed by atoms with Crippen LogP contribution in [-0.2, 0) is 0 Å². The van der Waals surface area contributed by atoms with Crippen LogP contribution in [0.1, 0.15) is 34.6 Å². The van der Waals surface area contributed by atoms with E-state index in [1.165, 1.54) is 5.46 Å². The molecular formula is C14H23BS. The fraction of sp³-hybridized carbons (Fsp3) is 0.571. The molecule has 1 aromatic carbocycles. The third-order valence-electron chi connectivity index (χ3n) is 3.19. The van der Waals surface area contributed by atoms with Gasteiger partial charge in [0.25, 0.3) is 0 Å². The molecule has 88 valence electrons. The molecular weight excluding hydrogens is 211 g/mol. The van der Waals surface area contributed by atoms with Gasteiger partial charge in [0.15, 0.2) is 6.71 Å². The third-order valence-corrected chi connectivity index (χ3v) is 4.00. The smallest absolute Gasteiger partial charge is 0.180 e. The molecule has 0 bridgehead atoms. The van der Waals surface area contributed by atoms with E-state index in [2.05, 4.69) is 77.6 Å². The Bertz CT molecular complexity index is 324. The van der Waals surface area contributed by atoms with Crippen molar-refractivity contribution < 1.29 is 0 Å². The first kappa shape index (κ1) is 13.7. The summed E-state index contributed by atoms with van der Waals surface area (Å²) in [6.07, 6.45) is 0. The average Bonchev–Trinajstić information content (AvgIpc) is 2.17. The van der Waals surface area contributed by atoms with E-state index in [0.29, 0.717) is 6.71 Å². The van der Waals surface area contributed by atoms with Crippen LogP contribution in [0.2, 0.25) is 10.6 Å². The fourth-order valence-corrected chi connectivity index (χ4v) is 3.04. The lowest BCUT2D eigenvalue weighted by atomic mass is 9.21. The van der Waals surface area contributed by atoms with Gasteiger partial charge in [-0.1, -0.05) is 75.7 Å². The molecule has 0 nitrogen and oxygen atoms in total. The molecule has 16 heavy (non-hydrogen) atoms. The van der Waals surface area contributed by atoms with E-state index in [-0.39, 0.29) is 10.6 Å². The lowest BCUT2D eigenvalue weighted by Gasteiger charge is -2.39. The third kappa shape index (κ3) is 3.07. The molecule has 0 aliphatic rings. The summed E-state index contributed by atoms with van der Waals surface area (Å²) in [7, 11) is 0. The first-order chi connectivity index (χ1) is 7.29. The van der Waals surface area contributed by atoms with Crippen molar-refractivity contribution in [3.05, 3.63) is 30.3 Å². The van der Waals surface area contributed by atoms with Crippen LogP contribution in [-0.4, -0.2) is 12.5 Å². The molecule has 0 heterocycles. The van der Waals surface area contributed by atoms with Crippen LogP contribution in [0.3, 0.4) is 0 Å². The Morgan fingerprint density at radius 1 is 1.00 bits per heavy atom. The fourth-order valence-electron chi connectivity index (χ4n) is 2.86. The maximum absolute atomic E-state index is 4.52. The molecule has 0 spiro atoms. The average molecular weight is 234 g/mol. The number of rotatable bonds is 3. The van der Waals surface area contributed by atoms with Crippen molar-refractivity contribution in [2.24, 2.45) is 0 Å². The molecule has 0 amide bonds. The summed E-state index contributed by atoms with van der Waals surface area (Å²) in [5.41, 5.74) is 1.43. The van der Waals surface area contributed by atoms with Crippen LogP contribution in [0.5, 0.6) is 0 Å². The molecule has 2 heteroatoms. The van der Waals surface area contributed by atoms with Crippen molar-refractivity contribution >= 4 is 24.8 Å². The van der Waals surface area contributed by atoms with Crippen molar-refractivity contribution in [3.63, 3.8) is 0 Å². The SMILES string of the molecule is CC(C)(C)B(c1ccccc1)C(C)(C)CS. The van der Waals surface area contributed by atoms with Gasteiger partial charge < -0.3 is 0 Å². The van der Waals surface area contributed by atoms with Gasteiger partial charge in [-0.25, -0.2) is 0 Å². The lowest BCUT2D eigenvalue weighted by Crippen LogP contribution is -2.47. The summed E-state index contributed by atoms with van der Waals surface area (Å²) in [6.45, 7) is 12.1. The highest BCUT2D eigenvalue weighted by Crippen LogP contribution is 2.42. The van der Waals surface area contributed by atoms with Gasteiger partial charge in [0.05, 0.1) is 0 Å². The van der Waals surface area contributed by atoms with Crippen LogP contribution in [0.15, 0.2) is 30.3 Å². The van der Waals surface area contributed by atoms with Gasteiger partial charge in [0.1, 0.15) is 0 Å². The van der Waals surface area contributed by atoms with Gasteiger partial charge in [-0.05, 0) is 11.1 Å². The normalized spacial score (nSPS) is 12.6. The molecule has 0 saturated carbocycles. The summed E-state index contributed by atoms with van der Waals surface area (Å²) in [5, 5.41) is 0.469. The molecule has 0 N–H and O–H groups in total. The van der Waals surface area contributed by atoms with Crippen molar-refractivity contribution in [2.75, 3.05) is 5.75 Å². The summed E-state index contributed by atoms with van der Waals surface area (Å²) >= 11 is 4.52. The van der Waals surface area contributed by atoms with Crippen LogP contribution in [0.4, 0.5) is 0 Å². The van der Waals surface area contributed by atoms with Gasteiger partial charge in [-0.3, -0.25) is 0 Å². The summed E-state index contributed by atoms with van der Waals surface area (Å²) in [5.74, 6) is 0.907. The van der Waals surface area contributed by atoms with Crippen LogP contribution < -0.4 is 5.46 Å². The molecule has 0 unspecified atom stereocenters. The lowest BCUT2D eigenvalue weighted by molar-refractivity contribution is 0.660. The molecule has 0 aromatic heterocycles. The minimum absolute atomic E-state index is 0.211. The second-order valence-corrected chi connectivity index (χ2v) is 6.67. The van der Waals surface area contributed by atoms with E-state index >= 15 is 0 Å². The van der Waals surface area contributed by atoms with E-state index in [1.807, 2.05) is 0 Å². The highest BCUT2D eigenvalue weighted by atomic mass is 32.1. The first-order valence-corrected chi connectivity index (χ1v) is 6.58. The maximum Gasteiger partial charge on any atom is 0.188 e. The van der Waals surface area contributed by atoms with Crippen LogP contribution in [0.25, 0.3) is 0 Å². The molecule has 0 radical (unpaired) electrons. The number of hydrogen-bond donors (Lipinski definition) is 1. The minimum atomic E-state index is 0.211. The summed E-state index contributed by atoms with van der Waals surface area (Å²) in [4.78, 5) is 0. The Morgan fingerprint density at radius 3 is 1.88 bits per heavy atom. The summed E-state index contributed by atoms with van der Waals surface area (Å²) in [6, 6.07) is 10.8. The molecule has 0 aliphatic heterocycles. The zero-order valence-corrected chi connectivity index (χ0v) is 12.0. The van der Waals surface area contributed by atoms with Crippen LogP contribution in [0, 0.1) is 0 Å². The quantitative estimate of drug-likeness (QED) is 0.595. The van der Waals surface area contributed by atoms with Gasteiger partial charge in [0.2, 0.25) is 0 Å². The molecule has 1 aromatic rings. The van der Waals surface area contributed by atoms with Gasteiger partial charge >= 0.3 is 0 Å². The van der Waals surface area contributed by atoms with Crippen molar-refractivity contribution in [3.8, 4) is 0 Å². The van der Waals surface area contributed by atoms with E-state index in [1.54, 1.807) is 0 Å². The van der Waals surface area contributed by atoms with Gasteiger partial charge in [-0.15, -0.1) is 0 Å². The predicted molar refractivity (Wildman–Crippen MR) is 79.4 cm³/mol. The van der Waals surface area contributed by atoms with Crippen molar-refractivity contribution in [1.82, 2.24) is 0 Å². The van der Waals surface area contributed by atoms with E-state index < -0.39 is 0 Å². The Morgan fingerprint density at radius 2 is 1.50 bits per heavy atom. The van der Waals surface area contributed by atoms with Crippen molar-refractivity contribution in [2.45, 2.75) is 45.2 Å². The zero-order chi connectivity index (χ0) is 12.4. The molecule has 0 atom stereocenters. The van der Waals surface area contributed by atoms with E-state index in [4.69, 9.17) is 0 Å². The highest BCUT2D eigenvalue weighted by Gasteiger charge is 2.41. The molecule has 0 fully saturated rings. The molecule has 1 rings (SSSR count). The largest absolute Gasteiger partial charge is 0.188 e. The predicted octanol–water partition coefficient (Wildman–Crippen LogP) is 3.90. The molecule has 0 saturated heterocycles. The van der Waals surface area contributed by atoms with Gasteiger partial charge in [-0.2, -0.15) is 12.6 Å².